The minimum Gasteiger partial charge on any atom is -0.308 e. The molecule has 5 aromatic rings. The van der Waals surface area contributed by atoms with Gasteiger partial charge in [-0.05, 0) is 98.3 Å². The predicted molar refractivity (Wildman–Crippen MR) is 141 cm³/mol. The summed E-state index contributed by atoms with van der Waals surface area (Å²) in [5, 5.41) is 0. The Bertz CT molecular complexity index is 1760. The summed E-state index contributed by atoms with van der Waals surface area (Å²) in [7, 11) is 0. The van der Waals surface area contributed by atoms with Gasteiger partial charge in [0.15, 0.2) is 0 Å². The van der Waals surface area contributed by atoms with E-state index >= 15 is 0 Å². The zero-order chi connectivity index (χ0) is 22.7. The topological polar surface area (TPSA) is 16.1 Å². The van der Waals surface area contributed by atoms with Crippen LogP contribution in [0.4, 0.5) is 17.1 Å². The van der Waals surface area contributed by atoms with Crippen LogP contribution in [0, 0.1) is 0 Å². The first-order valence-electron chi connectivity index (χ1n) is 12.6. The highest BCUT2D eigenvalue weighted by molar-refractivity contribution is 5.96. The Hall–Kier alpha value is -4.17. The molecule has 2 aliphatic heterocycles. The minimum absolute atomic E-state index is 0.907. The molecule has 0 saturated carbocycles. The van der Waals surface area contributed by atoms with Crippen molar-refractivity contribution in [2.75, 3.05) is 4.90 Å². The van der Waals surface area contributed by atoms with Crippen LogP contribution in [-0.4, -0.2) is 4.98 Å². The van der Waals surface area contributed by atoms with Crippen LogP contribution in [0.1, 0.15) is 44.6 Å². The van der Waals surface area contributed by atoms with Crippen molar-refractivity contribution in [3.05, 3.63) is 130 Å². The van der Waals surface area contributed by atoms with Gasteiger partial charge in [-0.1, -0.05) is 54.6 Å². The third-order valence-electron chi connectivity index (χ3n) is 8.52. The van der Waals surface area contributed by atoms with Gasteiger partial charge in [0.05, 0.1) is 22.8 Å². The number of aromatic nitrogens is 1. The second kappa shape index (κ2) is 6.28. The molecule has 35 heavy (non-hydrogen) atoms. The highest BCUT2D eigenvalue weighted by atomic mass is 15.2. The van der Waals surface area contributed by atoms with Crippen molar-refractivity contribution in [1.29, 1.82) is 0 Å². The second-order valence-electron chi connectivity index (χ2n) is 10.4. The van der Waals surface area contributed by atoms with Crippen LogP contribution in [0.2, 0.25) is 0 Å². The smallest absolute Gasteiger partial charge is 0.0688 e. The fourth-order valence-electron chi connectivity index (χ4n) is 7.12. The molecule has 0 amide bonds. The number of rotatable bonds is 0. The molecule has 2 nitrogen and oxygen atoms in total. The van der Waals surface area contributed by atoms with E-state index in [1.807, 2.05) is 6.20 Å². The average molecular weight is 447 g/mol. The monoisotopic (exact) mass is 446 g/mol. The molecule has 4 aliphatic rings. The van der Waals surface area contributed by atoms with Crippen molar-refractivity contribution in [2.24, 2.45) is 0 Å². The molecular weight excluding hydrogens is 424 g/mol. The van der Waals surface area contributed by atoms with E-state index in [0.717, 1.165) is 25.7 Å². The van der Waals surface area contributed by atoms with E-state index < -0.39 is 0 Å². The maximum absolute atomic E-state index is 4.84. The van der Waals surface area contributed by atoms with Gasteiger partial charge in [0.2, 0.25) is 0 Å². The minimum atomic E-state index is 0.907. The van der Waals surface area contributed by atoms with Crippen LogP contribution in [0.3, 0.4) is 0 Å². The van der Waals surface area contributed by atoms with E-state index in [-0.39, 0.29) is 0 Å². The predicted octanol–water partition coefficient (Wildman–Crippen LogP) is 7.50. The van der Waals surface area contributed by atoms with Crippen LogP contribution in [0.25, 0.3) is 22.3 Å². The molecule has 3 heterocycles. The Morgan fingerprint density at radius 3 is 2.26 bits per heavy atom. The van der Waals surface area contributed by atoms with Gasteiger partial charge in [-0.2, -0.15) is 0 Å². The lowest BCUT2D eigenvalue weighted by molar-refractivity contribution is 0.966. The van der Waals surface area contributed by atoms with Crippen molar-refractivity contribution in [3.63, 3.8) is 0 Å². The SMILES string of the molecule is c1ccc2c(c1)Cc1cc3c(cc1-2)Cc1c2c(cc4c1N3c1cccnc1C4)Cc1ccccc1-2. The first-order valence-corrected chi connectivity index (χ1v) is 12.6. The van der Waals surface area contributed by atoms with Gasteiger partial charge in [-0.15, -0.1) is 0 Å². The molecule has 0 saturated heterocycles. The van der Waals surface area contributed by atoms with E-state index in [9.17, 15) is 0 Å². The lowest BCUT2D eigenvalue weighted by Gasteiger charge is -2.40. The number of benzene rings is 4. The van der Waals surface area contributed by atoms with Gasteiger partial charge in [0.25, 0.3) is 0 Å². The molecule has 2 aliphatic carbocycles. The van der Waals surface area contributed by atoms with Crippen LogP contribution in [0.5, 0.6) is 0 Å². The molecule has 0 bridgehead atoms. The third-order valence-corrected chi connectivity index (χ3v) is 8.52. The third kappa shape index (κ3) is 2.27. The molecule has 0 N–H and O–H groups in total. The summed E-state index contributed by atoms with van der Waals surface area (Å²) < 4.78 is 0. The lowest BCUT2D eigenvalue weighted by atomic mass is 9.82. The normalized spacial score (nSPS) is 14.9. The van der Waals surface area contributed by atoms with Crippen molar-refractivity contribution in [1.82, 2.24) is 4.98 Å². The molecule has 4 aromatic carbocycles. The number of fused-ring (bicyclic) bond motifs is 11. The summed E-state index contributed by atoms with van der Waals surface area (Å²) in [6.45, 7) is 0. The van der Waals surface area contributed by atoms with Gasteiger partial charge >= 0.3 is 0 Å². The Kier molecular flexibility index (Phi) is 3.27. The molecular formula is C33H22N2. The van der Waals surface area contributed by atoms with E-state index in [2.05, 4.69) is 83.8 Å². The maximum atomic E-state index is 4.84. The van der Waals surface area contributed by atoms with Crippen LogP contribution in [-0.2, 0) is 25.7 Å². The Labute approximate surface area is 204 Å². The largest absolute Gasteiger partial charge is 0.308 e. The molecule has 164 valence electrons. The zero-order valence-electron chi connectivity index (χ0n) is 19.3. The zero-order valence-corrected chi connectivity index (χ0v) is 19.3. The van der Waals surface area contributed by atoms with E-state index in [0.29, 0.717) is 0 Å². The molecule has 1 aromatic heterocycles. The van der Waals surface area contributed by atoms with Crippen LogP contribution >= 0.6 is 0 Å². The first kappa shape index (κ1) is 18.2. The molecule has 0 radical (unpaired) electrons. The molecule has 0 fully saturated rings. The van der Waals surface area contributed by atoms with Crippen molar-refractivity contribution < 1.29 is 0 Å². The Balaban J connectivity index is 1.36. The standard InChI is InChI=1S/C33H22N2/c1-3-8-25-19(6-1)12-21-18-31-22(15-27(21)25)16-28-32-23(13-20-7-2-4-9-26(20)32)14-24-17-29-30(10-5-11-34-29)35(31)33(24)28/h1-11,14-15,18H,12-13,16-17H2. The maximum Gasteiger partial charge on any atom is 0.0688 e. The average Bonchev–Trinajstić information content (AvgIpc) is 3.45. The number of hydrogen-bond acceptors (Lipinski definition) is 2. The Morgan fingerprint density at radius 1 is 0.543 bits per heavy atom. The fraction of sp³-hybridized carbons (Fsp3) is 0.121. The fourth-order valence-corrected chi connectivity index (χ4v) is 7.12. The highest BCUT2D eigenvalue weighted by Crippen LogP contribution is 2.56. The summed E-state index contributed by atoms with van der Waals surface area (Å²) in [4.78, 5) is 7.38. The van der Waals surface area contributed by atoms with Gasteiger partial charge < -0.3 is 4.90 Å². The summed E-state index contributed by atoms with van der Waals surface area (Å²) in [5.41, 5.74) is 21.0. The first-order chi connectivity index (χ1) is 17.3. The van der Waals surface area contributed by atoms with Crippen molar-refractivity contribution >= 4 is 17.1 Å². The van der Waals surface area contributed by atoms with E-state index in [1.54, 1.807) is 0 Å². The van der Waals surface area contributed by atoms with Gasteiger partial charge in [-0.3, -0.25) is 4.98 Å². The molecule has 0 atom stereocenters. The van der Waals surface area contributed by atoms with Gasteiger partial charge in [0, 0.05) is 19.0 Å². The molecule has 0 unspecified atom stereocenters. The molecule has 9 rings (SSSR count). The number of nitrogens with zero attached hydrogens (tertiary/aromatic N) is 2. The van der Waals surface area contributed by atoms with Crippen molar-refractivity contribution in [3.8, 4) is 22.3 Å². The molecule has 0 spiro atoms. The number of anilines is 3. The lowest BCUT2D eigenvalue weighted by Crippen LogP contribution is -2.26. The van der Waals surface area contributed by atoms with E-state index in [4.69, 9.17) is 4.98 Å². The number of hydrogen-bond donors (Lipinski definition) is 0. The summed E-state index contributed by atoms with van der Waals surface area (Å²) in [6, 6.07) is 29.7. The van der Waals surface area contributed by atoms with Crippen LogP contribution in [0.15, 0.2) is 85.1 Å². The summed E-state index contributed by atoms with van der Waals surface area (Å²) >= 11 is 0. The summed E-state index contributed by atoms with van der Waals surface area (Å²) in [6.07, 6.45) is 5.88. The molecule has 2 heteroatoms. The quantitative estimate of drug-likeness (QED) is 0.240. The van der Waals surface area contributed by atoms with E-state index in [1.165, 1.54) is 84.0 Å². The number of pyridine rings is 1. The highest BCUT2D eigenvalue weighted by Gasteiger charge is 2.37. The van der Waals surface area contributed by atoms with Crippen molar-refractivity contribution in [2.45, 2.75) is 25.7 Å². The second-order valence-corrected chi connectivity index (χ2v) is 10.4. The van der Waals surface area contributed by atoms with Gasteiger partial charge in [-0.25, -0.2) is 0 Å². The van der Waals surface area contributed by atoms with Crippen LogP contribution < -0.4 is 4.90 Å². The summed E-state index contributed by atoms with van der Waals surface area (Å²) in [5.74, 6) is 0. The Morgan fingerprint density at radius 2 is 1.34 bits per heavy atom. The van der Waals surface area contributed by atoms with Gasteiger partial charge in [0.1, 0.15) is 0 Å².